The Morgan fingerprint density at radius 3 is 2.35 bits per heavy atom. The quantitative estimate of drug-likeness (QED) is 0.849. The number of hydrogen-bond acceptors (Lipinski definition) is 3. The maximum atomic E-state index is 12.3. The number of hydrogen-bond donors (Lipinski definition) is 1. The summed E-state index contributed by atoms with van der Waals surface area (Å²) in [6.45, 7) is 6.30. The van der Waals surface area contributed by atoms with Gasteiger partial charge in [0.2, 0.25) is 5.91 Å². The number of amides is 1. The van der Waals surface area contributed by atoms with Crippen LogP contribution in [-0.2, 0) is 4.79 Å². The smallest absolute Gasteiger partial charge is 0.239 e. The van der Waals surface area contributed by atoms with Crippen LogP contribution in [0.25, 0.3) is 0 Å². The van der Waals surface area contributed by atoms with Crippen molar-refractivity contribution in [1.29, 1.82) is 0 Å². The normalized spacial score (nSPS) is 29.8. The summed E-state index contributed by atoms with van der Waals surface area (Å²) in [4.78, 5) is 17.0. The molecule has 3 rings (SSSR count). The molecule has 0 spiro atoms. The van der Waals surface area contributed by atoms with Crippen molar-refractivity contribution in [1.82, 2.24) is 15.1 Å². The molecule has 3 aliphatic rings. The molecule has 2 aliphatic heterocycles. The monoisotopic (exact) mass is 279 g/mol. The summed E-state index contributed by atoms with van der Waals surface area (Å²) in [6, 6.07) is 0.111. The molecule has 0 radical (unpaired) electrons. The van der Waals surface area contributed by atoms with Crippen molar-refractivity contribution >= 4 is 5.91 Å². The van der Waals surface area contributed by atoms with Gasteiger partial charge in [0.25, 0.3) is 0 Å². The van der Waals surface area contributed by atoms with Gasteiger partial charge in [-0.05, 0) is 38.1 Å². The summed E-state index contributed by atoms with van der Waals surface area (Å²) in [5.74, 6) is 1.27. The van der Waals surface area contributed by atoms with Gasteiger partial charge >= 0.3 is 0 Å². The van der Waals surface area contributed by atoms with Crippen molar-refractivity contribution < 1.29 is 4.79 Å². The van der Waals surface area contributed by atoms with Crippen molar-refractivity contribution in [3.05, 3.63) is 0 Å². The summed E-state index contributed by atoms with van der Waals surface area (Å²) in [5, 5.41) is 3.33. The fourth-order valence-electron chi connectivity index (χ4n) is 4.00. The molecular formula is C16H29N3O. The Hall–Kier alpha value is -0.610. The Kier molecular flexibility index (Phi) is 4.94. The van der Waals surface area contributed by atoms with E-state index >= 15 is 0 Å². The molecule has 1 N–H and O–H groups in total. The second kappa shape index (κ2) is 6.90. The highest BCUT2D eigenvalue weighted by Gasteiger charge is 2.29. The van der Waals surface area contributed by atoms with Crippen LogP contribution in [-0.4, -0.2) is 61.0 Å². The van der Waals surface area contributed by atoms with Crippen LogP contribution in [0.5, 0.6) is 0 Å². The highest BCUT2D eigenvalue weighted by Crippen LogP contribution is 2.24. The second-order valence-corrected chi connectivity index (χ2v) is 6.78. The highest BCUT2D eigenvalue weighted by molar-refractivity contribution is 5.82. The van der Waals surface area contributed by atoms with Gasteiger partial charge in [-0.25, -0.2) is 0 Å². The van der Waals surface area contributed by atoms with Crippen LogP contribution in [0.4, 0.5) is 0 Å². The standard InChI is InChI=1S/C16H29N3O/c20-16(15-7-4-8-17-15)19-11-9-18(10-12-19)13-14-5-2-1-3-6-14/h14-15,17H,1-13H2. The van der Waals surface area contributed by atoms with Crippen LogP contribution in [0.1, 0.15) is 44.9 Å². The maximum absolute atomic E-state index is 12.3. The van der Waals surface area contributed by atoms with E-state index in [9.17, 15) is 4.79 Å². The van der Waals surface area contributed by atoms with E-state index in [2.05, 4.69) is 15.1 Å². The Labute approximate surface area is 122 Å². The van der Waals surface area contributed by atoms with Crippen LogP contribution < -0.4 is 5.32 Å². The van der Waals surface area contributed by atoms with Gasteiger partial charge < -0.3 is 10.2 Å². The molecule has 1 amide bonds. The molecule has 1 unspecified atom stereocenters. The van der Waals surface area contributed by atoms with E-state index < -0.39 is 0 Å². The molecule has 4 nitrogen and oxygen atoms in total. The van der Waals surface area contributed by atoms with E-state index in [1.165, 1.54) is 38.6 Å². The first-order valence-electron chi connectivity index (χ1n) is 8.57. The lowest BCUT2D eigenvalue weighted by atomic mass is 9.89. The SMILES string of the molecule is O=C(C1CCCN1)N1CCN(CC2CCCCC2)CC1. The predicted octanol–water partition coefficient (Wildman–Crippen LogP) is 1.46. The van der Waals surface area contributed by atoms with Crippen LogP contribution in [0.15, 0.2) is 0 Å². The molecule has 114 valence electrons. The van der Waals surface area contributed by atoms with Gasteiger partial charge in [-0.1, -0.05) is 19.3 Å². The lowest BCUT2D eigenvalue weighted by Gasteiger charge is -2.38. The van der Waals surface area contributed by atoms with Crippen molar-refractivity contribution in [2.24, 2.45) is 5.92 Å². The first kappa shape index (κ1) is 14.3. The zero-order valence-corrected chi connectivity index (χ0v) is 12.6. The molecule has 0 bridgehead atoms. The minimum atomic E-state index is 0.111. The predicted molar refractivity (Wildman–Crippen MR) is 80.6 cm³/mol. The van der Waals surface area contributed by atoms with E-state index in [0.29, 0.717) is 5.91 Å². The van der Waals surface area contributed by atoms with Gasteiger partial charge in [0, 0.05) is 32.7 Å². The summed E-state index contributed by atoms with van der Waals surface area (Å²) in [6.07, 6.45) is 9.32. The lowest BCUT2D eigenvalue weighted by molar-refractivity contribution is -0.134. The molecule has 0 aromatic rings. The van der Waals surface area contributed by atoms with E-state index in [0.717, 1.165) is 51.5 Å². The van der Waals surface area contributed by atoms with Gasteiger partial charge in [0.15, 0.2) is 0 Å². The topological polar surface area (TPSA) is 35.6 Å². The minimum absolute atomic E-state index is 0.111. The summed E-state index contributed by atoms with van der Waals surface area (Å²) >= 11 is 0. The highest BCUT2D eigenvalue weighted by atomic mass is 16.2. The molecule has 2 heterocycles. The van der Waals surface area contributed by atoms with E-state index in [4.69, 9.17) is 0 Å². The zero-order valence-electron chi connectivity index (χ0n) is 12.6. The third-order valence-electron chi connectivity index (χ3n) is 5.28. The number of carbonyl (C=O) groups excluding carboxylic acids is 1. The maximum Gasteiger partial charge on any atom is 0.239 e. The zero-order chi connectivity index (χ0) is 13.8. The van der Waals surface area contributed by atoms with E-state index in [-0.39, 0.29) is 6.04 Å². The number of piperazine rings is 1. The molecule has 4 heteroatoms. The molecule has 0 aromatic carbocycles. The average molecular weight is 279 g/mol. The molecule has 2 saturated heterocycles. The van der Waals surface area contributed by atoms with Crippen LogP contribution in [0.2, 0.25) is 0 Å². The van der Waals surface area contributed by atoms with Crippen LogP contribution in [0.3, 0.4) is 0 Å². The number of rotatable bonds is 3. The summed E-state index contributed by atoms with van der Waals surface area (Å²) < 4.78 is 0. The molecule has 20 heavy (non-hydrogen) atoms. The Morgan fingerprint density at radius 2 is 1.70 bits per heavy atom. The van der Waals surface area contributed by atoms with Crippen molar-refractivity contribution in [3.63, 3.8) is 0 Å². The third kappa shape index (κ3) is 3.53. The van der Waals surface area contributed by atoms with E-state index in [1.54, 1.807) is 0 Å². The first-order chi connectivity index (χ1) is 9.83. The van der Waals surface area contributed by atoms with Gasteiger partial charge in [0.05, 0.1) is 6.04 Å². The fourth-order valence-corrected chi connectivity index (χ4v) is 4.00. The Balaban J connectivity index is 1.40. The average Bonchev–Trinajstić information content (AvgIpc) is 3.03. The van der Waals surface area contributed by atoms with Crippen LogP contribution in [0, 0.1) is 5.92 Å². The van der Waals surface area contributed by atoms with Crippen molar-refractivity contribution in [2.45, 2.75) is 51.0 Å². The molecule has 1 saturated carbocycles. The van der Waals surface area contributed by atoms with Gasteiger partial charge in [0.1, 0.15) is 0 Å². The third-order valence-corrected chi connectivity index (χ3v) is 5.28. The number of nitrogens with zero attached hydrogens (tertiary/aromatic N) is 2. The second-order valence-electron chi connectivity index (χ2n) is 6.78. The Bertz CT molecular complexity index is 314. The van der Waals surface area contributed by atoms with Gasteiger partial charge in [-0.2, -0.15) is 0 Å². The molecule has 1 atom stereocenters. The lowest BCUT2D eigenvalue weighted by Crippen LogP contribution is -2.53. The van der Waals surface area contributed by atoms with Crippen molar-refractivity contribution in [3.8, 4) is 0 Å². The van der Waals surface area contributed by atoms with Gasteiger partial charge in [-0.3, -0.25) is 9.69 Å². The van der Waals surface area contributed by atoms with E-state index in [1.807, 2.05) is 0 Å². The minimum Gasteiger partial charge on any atom is -0.339 e. The van der Waals surface area contributed by atoms with Crippen LogP contribution >= 0.6 is 0 Å². The fraction of sp³-hybridized carbons (Fsp3) is 0.938. The number of nitrogens with one attached hydrogen (secondary N) is 1. The molecular weight excluding hydrogens is 250 g/mol. The largest absolute Gasteiger partial charge is 0.339 e. The molecule has 0 aromatic heterocycles. The summed E-state index contributed by atoms with van der Waals surface area (Å²) in [7, 11) is 0. The summed E-state index contributed by atoms with van der Waals surface area (Å²) in [5.41, 5.74) is 0. The number of carbonyl (C=O) groups is 1. The van der Waals surface area contributed by atoms with Gasteiger partial charge in [-0.15, -0.1) is 0 Å². The Morgan fingerprint density at radius 1 is 0.950 bits per heavy atom. The first-order valence-corrected chi connectivity index (χ1v) is 8.57. The van der Waals surface area contributed by atoms with Crippen molar-refractivity contribution in [2.75, 3.05) is 39.3 Å². The molecule has 1 aliphatic carbocycles. The molecule has 3 fully saturated rings.